The van der Waals surface area contributed by atoms with E-state index in [0.717, 1.165) is 0 Å². The van der Waals surface area contributed by atoms with Crippen LogP contribution in [0.3, 0.4) is 0 Å². The smallest absolute Gasteiger partial charge is 0.243 e. The summed E-state index contributed by atoms with van der Waals surface area (Å²) in [6, 6.07) is 18.7. The number of sulfonamides is 1. The predicted molar refractivity (Wildman–Crippen MR) is 131 cm³/mol. The number of hydrogen-bond acceptors (Lipinski definition) is 4. The number of carbonyl (C=O) groups is 2. The molecule has 1 aliphatic rings. The van der Waals surface area contributed by atoms with Gasteiger partial charge >= 0.3 is 0 Å². The lowest BCUT2D eigenvalue weighted by atomic mass is 10.0. The molecule has 0 aromatic heterocycles. The summed E-state index contributed by atoms with van der Waals surface area (Å²) < 4.78 is 28.2. The van der Waals surface area contributed by atoms with Gasteiger partial charge in [0.05, 0.1) is 10.6 Å². The van der Waals surface area contributed by atoms with Crippen molar-refractivity contribution in [1.82, 2.24) is 4.31 Å². The Labute approximate surface area is 205 Å². The van der Waals surface area contributed by atoms with Gasteiger partial charge in [-0.05, 0) is 55.3 Å². The summed E-state index contributed by atoms with van der Waals surface area (Å²) in [5.41, 5.74) is 1.13. The third-order valence-electron chi connectivity index (χ3n) is 5.45. The van der Waals surface area contributed by atoms with Crippen molar-refractivity contribution in [2.75, 3.05) is 11.9 Å². The molecule has 1 saturated heterocycles. The van der Waals surface area contributed by atoms with Crippen LogP contribution >= 0.6 is 27.5 Å². The van der Waals surface area contributed by atoms with E-state index in [1.807, 2.05) is 6.07 Å². The van der Waals surface area contributed by atoms with Gasteiger partial charge in [-0.15, -0.1) is 0 Å². The average molecular weight is 548 g/mol. The molecule has 1 fully saturated rings. The summed E-state index contributed by atoms with van der Waals surface area (Å²) in [7, 11) is -3.88. The third-order valence-corrected chi connectivity index (χ3v) is 8.11. The minimum absolute atomic E-state index is 0.0789. The molecule has 1 N–H and O–H groups in total. The maximum absolute atomic E-state index is 13.2. The Morgan fingerprint density at radius 1 is 1.00 bits per heavy atom. The van der Waals surface area contributed by atoms with E-state index in [9.17, 15) is 18.0 Å². The van der Waals surface area contributed by atoms with E-state index >= 15 is 0 Å². The molecule has 3 aromatic rings. The molecule has 0 radical (unpaired) electrons. The maximum Gasteiger partial charge on any atom is 0.243 e. The van der Waals surface area contributed by atoms with Crippen LogP contribution in [0.4, 0.5) is 5.69 Å². The van der Waals surface area contributed by atoms with Crippen LogP contribution in [0, 0.1) is 0 Å². The zero-order valence-corrected chi connectivity index (χ0v) is 20.5. The highest BCUT2D eigenvalue weighted by molar-refractivity contribution is 9.10. The zero-order chi connectivity index (χ0) is 23.6. The molecule has 3 aromatic carbocycles. The van der Waals surface area contributed by atoms with Crippen LogP contribution in [0.5, 0.6) is 0 Å². The fourth-order valence-electron chi connectivity index (χ4n) is 3.81. The van der Waals surface area contributed by atoms with E-state index in [1.165, 1.54) is 28.6 Å². The van der Waals surface area contributed by atoms with E-state index in [4.69, 9.17) is 11.6 Å². The van der Waals surface area contributed by atoms with Crippen LogP contribution in [-0.4, -0.2) is 37.0 Å². The van der Waals surface area contributed by atoms with Gasteiger partial charge in [-0.3, -0.25) is 9.59 Å². The normalized spacial score (nSPS) is 16.5. The zero-order valence-electron chi connectivity index (χ0n) is 17.4. The van der Waals surface area contributed by atoms with Crippen molar-refractivity contribution in [1.29, 1.82) is 0 Å². The van der Waals surface area contributed by atoms with Gasteiger partial charge in [0.15, 0.2) is 5.78 Å². The molecule has 0 spiro atoms. The number of nitrogens with one attached hydrogen (secondary N) is 1. The quantitative estimate of drug-likeness (QED) is 0.434. The maximum atomic E-state index is 13.2. The topological polar surface area (TPSA) is 83.6 Å². The molecule has 1 heterocycles. The third kappa shape index (κ3) is 5.04. The van der Waals surface area contributed by atoms with Gasteiger partial charge in [-0.2, -0.15) is 4.31 Å². The number of amides is 1. The summed E-state index contributed by atoms with van der Waals surface area (Å²) in [5, 5.41) is 3.21. The molecule has 0 saturated carbocycles. The summed E-state index contributed by atoms with van der Waals surface area (Å²) in [5.74, 6) is -0.723. The second kappa shape index (κ2) is 9.77. The fourth-order valence-corrected chi connectivity index (χ4v) is 5.95. The van der Waals surface area contributed by atoms with E-state index in [-0.39, 0.29) is 17.2 Å². The monoisotopic (exact) mass is 546 g/mol. The van der Waals surface area contributed by atoms with Crippen LogP contribution in [0.25, 0.3) is 0 Å². The molecule has 33 heavy (non-hydrogen) atoms. The molecule has 4 rings (SSSR count). The van der Waals surface area contributed by atoms with E-state index in [1.54, 1.807) is 42.5 Å². The van der Waals surface area contributed by atoms with E-state index < -0.39 is 22.0 Å². The predicted octanol–water partition coefficient (Wildman–Crippen LogP) is 5.13. The number of nitrogens with zero attached hydrogens (tertiary/aromatic N) is 1. The molecule has 1 atom stereocenters. The van der Waals surface area contributed by atoms with Gasteiger partial charge in [-0.25, -0.2) is 8.42 Å². The summed E-state index contributed by atoms with van der Waals surface area (Å²) in [6.07, 6.45) is 0.943. The molecular formula is C24H20BrClN2O4S. The van der Waals surface area contributed by atoms with Gasteiger partial charge in [0.2, 0.25) is 15.9 Å². The number of benzene rings is 3. The molecule has 1 aliphatic heterocycles. The SMILES string of the molecule is O=C(c1ccccc1)c1cc(Br)ccc1NC(=O)C1CCCN1S(=O)(=O)c1ccc(Cl)cc1. The Hall–Kier alpha value is -2.52. The van der Waals surface area contributed by atoms with E-state index in [2.05, 4.69) is 21.2 Å². The first-order valence-electron chi connectivity index (χ1n) is 10.2. The minimum atomic E-state index is -3.88. The van der Waals surface area contributed by atoms with Crippen molar-refractivity contribution in [2.45, 2.75) is 23.8 Å². The molecule has 170 valence electrons. The number of halogens is 2. The lowest BCUT2D eigenvalue weighted by molar-refractivity contribution is -0.119. The van der Waals surface area contributed by atoms with Crippen LogP contribution in [-0.2, 0) is 14.8 Å². The highest BCUT2D eigenvalue weighted by Crippen LogP contribution is 2.29. The second-order valence-electron chi connectivity index (χ2n) is 7.60. The summed E-state index contributed by atoms with van der Waals surface area (Å²) in [6.45, 7) is 0.235. The first kappa shape index (κ1) is 23.6. The fraction of sp³-hybridized carbons (Fsp3) is 0.167. The van der Waals surface area contributed by atoms with Crippen LogP contribution < -0.4 is 5.32 Å². The van der Waals surface area contributed by atoms with Crippen molar-refractivity contribution in [3.8, 4) is 0 Å². The lowest BCUT2D eigenvalue weighted by Crippen LogP contribution is -2.43. The Morgan fingerprint density at radius 2 is 1.70 bits per heavy atom. The van der Waals surface area contributed by atoms with Gasteiger partial charge in [0.1, 0.15) is 6.04 Å². The molecule has 1 amide bonds. The Balaban J connectivity index is 1.61. The standard InChI is InChI=1S/C24H20BrClN2O4S/c25-17-8-13-21(20(15-17)23(29)16-5-2-1-3-6-16)27-24(30)22-7-4-14-28(22)33(31,32)19-11-9-18(26)10-12-19/h1-3,5-6,8-13,15,22H,4,7,14H2,(H,27,30). The Morgan fingerprint density at radius 3 is 2.39 bits per heavy atom. The highest BCUT2D eigenvalue weighted by atomic mass is 79.9. The largest absolute Gasteiger partial charge is 0.324 e. The molecule has 0 aliphatic carbocycles. The number of carbonyl (C=O) groups excluding carboxylic acids is 2. The van der Waals surface area contributed by atoms with Gasteiger partial charge in [0, 0.05) is 27.2 Å². The Bertz CT molecular complexity index is 1300. The first-order chi connectivity index (χ1) is 15.8. The molecular weight excluding hydrogens is 528 g/mol. The molecule has 9 heteroatoms. The first-order valence-corrected chi connectivity index (χ1v) is 12.9. The van der Waals surface area contributed by atoms with Gasteiger partial charge in [0.25, 0.3) is 0 Å². The summed E-state index contributed by atoms with van der Waals surface area (Å²) >= 11 is 9.26. The number of hydrogen-bond donors (Lipinski definition) is 1. The van der Waals surface area contributed by atoms with Crippen molar-refractivity contribution in [3.63, 3.8) is 0 Å². The van der Waals surface area contributed by atoms with Crippen LogP contribution in [0.1, 0.15) is 28.8 Å². The van der Waals surface area contributed by atoms with Gasteiger partial charge in [-0.1, -0.05) is 57.9 Å². The van der Waals surface area contributed by atoms with Crippen LogP contribution in [0.2, 0.25) is 5.02 Å². The molecule has 1 unspecified atom stereocenters. The second-order valence-corrected chi connectivity index (χ2v) is 10.8. The number of anilines is 1. The lowest BCUT2D eigenvalue weighted by Gasteiger charge is -2.24. The van der Waals surface area contributed by atoms with Crippen molar-refractivity contribution in [2.24, 2.45) is 0 Å². The molecule has 6 nitrogen and oxygen atoms in total. The molecule has 0 bridgehead atoms. The average Bonchev–Trinajstić information content (AvgIpc) is 3.32. The number of rotatable bonds is 6. The van der Waals surface area contributed by atoms with Gasteiger partial charge < -0.3 is 5.32 Å². The van der Waals surface area contributed by atoms with Crippen molar-refractivity contribution < 1.29 is 18.0 Å². The van der Waals surface area contributed by atoms with Crippen LogP contribution in [0.15, 0.2) is 82.2 Å². The summed E-state index contributed by atoms with van der Waals surface area (Å²) in [4.78, 5) is 26.3. The van der Waals surface area contributed by atoms with Crippen molar-refractivity contribution in [3.05, 3.63) is 93.4 Å². The highest BCUT2D eigenvalue weighted by Gasteiger charge is 2.39. The van der Waals surface area contributed by atoms with E-state index in [0.29, 0.717) is 39.2 Å². The van der Waals surface area contributed by atoms with Crippen molar-refractivity contribution >= 4 is 54.9 Å². The minimum Gasteiger partial charge on any atom is -0.324 e. The Kier molecular flexibility index (Phi) is 6.99. The number of ketones is 1.